The third-order valence-corrected chi connectivity index (χ3v) is 4.12. The van der Waals surface area contributed by atoms with E-state index in [4.69, 9.17) is 5.26 Å². The number of rotatable bonds is 2. The number of benzene rings is 1. The molecule has 0 unspecified atom stereocenters. The highest BCUT2D eigenvalue weighted by atomic mass is 79.9. The van der Waals surface area contributed by atoms with Crippen LogP contribution >= 0.6 is 39.0 Å². The number of hydrogen-bond acceptors (Lipinski definition) is 5. The summed E-state index contributed by atoms with van der Waals surface area (Å²) < 4.78 is 1.64. The average Bonchev–Trinajstić information content (AvgIpc) is 2.71. The van der Waals surface area contributed by atoms with Gasteiger partial charge in [-0.3, -0.25) is 0 Å². The fraction of sp³-hybridized carbons (Fsp3) is 0. The zero-order valence-corrected chi connectivity index (χ0v) is 10.6. The predicted molar refractivity (Wildman–Crippen MR) is 62.9 cm³/mol. The van der Waals surface area contributed by atoms with E-state index >= 15 is 0 Å². The van der Waals surface area contributed by atoms with Crippen LogP contribution in [0.5, 0.6) is 0 Å². The Kier molecular flexibility index (Phi) is 3.36. The lowest BCUT2D eigenvalue weighted by Gasteiger charge is -2.01. The Morgan fingerprint density at radius 2 is 2.33 bits per heavy atom. The van der Waals surface area contributed by atoms with Crippen molar-refractivity contribution in [2.75, 3.05) is 0 Å². The first kappa shape index (κ1) is 10.6. The summed E-state index contributed by atoms with van der Waals surface area (Å²) in [6.45, 7) is 0. The van der Waals surface area contributed by atoms with Gasteiger partial charge in [0.2, 0.25) is 0 Å². The van der Waals surface area contributed by atoms with Crippen LogP contribution in [0.1, 0.15) is 5.56 Å². The van der Waals surface area contributed by atoms with Crippen molar-refractivity contribution in [3.63, 3.8) is 0 Å². The predicted octanol–water partition coefficient (Wildman–Crippen LogP) is 3.32. The van der Waals surface area contributed by atoms with E-state index in [0.717, 1.165) is 13.7 Å². The first-order chi connectivity index (χ1) is 7.31. The molecule has 0 spiro atoms. The second-order valence-electron chi connectivity index (χ2n) is 2.53. The molecular weight excluding hydrogens is 294 g/mol. The van der Waals surface area contributed by atoms with Crippen molar-refractivity contribution >= 4 is 39.0 Å². The van der Waals surface area contributed by atoms with E-state index in [0.29, 0.717) is 5.56 Å². The summed E-state index contributed by atoms with van der Waals surface area (Å²) in [6, 6.07) is 7.81. The molecule has 0 aliphatic heterocycles. The van der Waals surface area contributed by atoms with Crippen LogP contribution in [0.4, 0.5) is 0 Å². The van der Waals surface area contributed by atoms with Crippen molar-refractivity contribution in [3.8, 4) is 6.07 Å². The van der Waals surface area contributed by atoms with Gasteiger partial charge in [-0.1, -0.05) is 29.2 Å². The molecule has 3 nitrogen and oxygen atoms in total. The smallest absolute Gasteiger partial charge is 0.178 e. The lowest BCUT2D eigenvalue weighted by atomic mass is 10.2. The van der Waals surface area contributed by atoms with Gasteiger partial charge in [-0.05, 0) is 28.1 Å². The summed E-state index contributed by atoms with van der Waals surface area (Å²) in [5.74, 6) is 0. The van der Waals surface area contributed by atoms with Crippen LogP contribution in [0.3, 0.4) is 0 Å². The molecule has 2 aromatic rings. The van der Waals surface area contributed by atoms with Crippen LogP contribution in [0, 0.1) is 11.3 Å². The summed E-state index contributed by atoms with van der Waals surface area (Å²) in [4.78, 5) is 0.892. The molecule has 1 heterocycles. The van der Waals surface area contributed by atoms with Crippen molar-refractivity contribution in [3.05, 3.63) is 33.7 Å². The van der Waals surface area contributed by atoms with Gasteiger partial charge in [0.25, 0.3) is 0 Å². The van der Waals surface area contributed by atoms with Crippen LogP contribution < -0.4 is 0 Å². The van der Waals surface area contributed by atoms with E-state index in [1.807, 2.05) is 18.2 Å². The van der Waals surface area contributed by atoms with E-state index in [1.54, 1.807) is 5.51 Å². The van der Waals surface area contributed by atoms with Crippen LogP contribution in [0.25, 0.3) is 0 Å². The van der Waals surface area contributed by atoms with E-state index in [2.05, 4.69) is 32.2 Å². The van der Waals surface area contributed by atoms with Gasteiger partial charge in [0.05, 0.1) is 5.56 Å². The molecule has 0 aliphatic rings. The third kappa shape index (κ3) is 2.37. The minimum absolute atomic E-state index is 0.637. The number of aromatic nitrogens is 2. The fourth-order valence-corrected chi connectivity index (χ4v) is 3.14. The van der Waals surface area contributed by atoms with Crippen LogP contribution in [0.15, 0.2) is 37.4 Å². The largest absolute Gasteiger partial charge is 0.192 e. The maximum atomic E-state index is 9.00. The van der Waals surface area contributed by atoms with Crippen molar-refractivity contribution in [1.29, 1.82) is 5.26 Å². The fourth-order valence-electron chi connectivity index (χ4n) is 0.999. The molecule has 0 amide bonds. The van der Waals surface area contributed by atoms with Gasteiger partial charge in [-0.2, -0.15) is 5.26 Å². The zero-order valence-electron chi connectivity index (χ0n) is 7.35. The Hall–Kier alpha value is -0.900. The van der Waals surface area contributed by atoms with Gasteiger partial charge < -0.3 is 0 Å². The van der Waals surface area contributed by atoms with E-state index in [-0.39, 0.29) is 0 Å². The maximum absolute atomic E-state index is 9.00. The second-order valence-corrected chi connectivity index (χ2v) is 5.51. The second kappa shape index (κ2) is 4.75. The molecule has 0 N–H and O–H groups in total. The van der Waals surface area contributed by atoms with Crippen molar-refractivity contribution in [2.45, 2.75) is 9.24 Å². The minimum atomic E-state index is 0.637. The van der Waals surface area contributed by atoms with Gasteiger partial charge >= 0.3 is 0 Å². The Labute approximate surface area is 103 Å². The minimum Gasteiger partial charge on any atom is -0.192 e. The van der Waals surface area contributed by atoms with Crippen molar-refractivity contribution in [2.24, 2.45) is 0 Å². The molecule has 0 bridgehead atoms. The Bertz CT molecular complexity index is 505. The van der Waals surface area contributed by atoms with Gasteiger partial charge in [-0.15, -0.1) is 10.2 Å². The summed E-state index contributed by atoms with van der Waals surface area (Å²) in [6.07, 6.45) is 0. The normalized spacial score (nSPS) is 9.87. The summed E-state index contributed by atoms with van der Waals surface area (Å²) >= 11 is 6.25. The monoisotopic (exact) mass is 297 g/mol. The lowest BCUT2D eigenvalue weighted by Crippen LogP contribution is -1.82. The molecule has 1 aromatic carbocycles. The summed E-state index contributed by atoms with van der Waals surface area (Å²) in [7, 11) is 0. The lowest BCUT2D eigenvalue weighted by molar-refractivity contribution is 1.01. The Morgan fingerprint density at radius 1 is 1.47 bits per heavy atom. The molecule has 15 heavy (non-hydrogen) atoms. The van der Waals surface area contributed by atoms with Gasteiger partial charge in [0, 0.05) is 9.37 Å². The van der Waals surface area contributed by atoms with Crippen LogP contribution in [0.2, 0.25) is 0 Å². The van der Waals surface area contributed by atoms with Crippen LogP contribution in [-0.4, -0.2) is 10.2 Å². The van der Waals surface area contributed by atoms with E-state index in [9.17, 15) is 0 Å². The number of halogens is 1. The Morgan fingerprint density at radius 3 is 3.00 bits per heavy atom. The van der Waals surface area contributed by atoms with Crippen LogP contribution in [-0.2, 0) is 0 Å². The summed E-state index contributed by atoms with van der Waals surface area (Å²) in [5.41, 5.74) is 2.31. The van der Waals surface area contributed by atoms with E-state index < -0.39 is 0 Å². The number of hydrogen-bond donors (Lipinski definition) is 0. The van der Waals surface area contributed by atoms with Gasteiger partial charge in [-0.25, -0.2) is 0 Å². The molecule has 0 radical (unpaired) electrons. The molecule has 0 fully saturated rings. The molecule has 0 saturated carbocycles. The number of nitriles is 1. The first-order valence-electron chi connectivity index (χ1n) is 3.94. The molecule has 0 saturated heterocycles. The molecule has 74 valence electrons. The topological polar surface area (TPSA) is 49.6 Å². The SMILES string of the molecule is N#Cc1c(Br)cccc1Sc1nncs1. The standard InChI is InChI=1S/C9H4BrN3S2/c10-7-2-1-3-8(6(7)4-11)15-9-13-12-5-14-9/h1-3,5H. The number of nitrogens with zero attached hydrogens (tertiary/aromatic N) is 3. The maximum Gasteiger partial charge on any atom is 0.178 e. The Balaban J connectivity index is 2.37. The highest BCUT2D eigenvalue weighted by Crippen LogP contribution is 2.33. The highest BCUT2D eigenvalue weighted by Gasteiger charge is 2.08. The highest BCUT2D eigenvalue weighted by molar-refractivity contribution is 9.10. The molecule has 2 rings (SSSR count). The van der Waals surface area contributed by atoms with Crippen molar-refractivity contribution in [1.82, 2.24) is 10.2 Å². The molecule has 6 heteroatoms. The molecule has 0 atom stereocenters. The van der Waals surface area contributed by atoms with Gasteiger partial charge in [0.15, 0.2) is 4.34 Å². The van der Waals surface area contributed by atoms with Crippen molar-refractivity contribution < 1.29 is 0 Å². The van der Waals surface area contributed by atoms with Gasteiger partial charge in [0.1, 0.15) is 11.6 Å². The third-order valence-electron chi connectivity index (χ3n) is 1.62. The molecule has 0 aliphatic carbocycles. The molecule has 1 aromatic heterocycles. The summed E-state index contributed by atoms with van der Waals surface area (Å²) in [5, 5.41) is 16.7. The quantitative estimate of drug-likeness (QED) is 0.853. The molecular formula is C9H4BrN3S2. The zero-order chi connectivity index (χ0) is 10.7. The first-order valence-corrected chi connectivity index (χ1v) is 6.43. The average molecular weight is 298 g/mol. The van der Waals surface area contributed by atoms with E-state index in [1.165, 1.54) is 23.1 Å².